The first-order valence-corrected chi connectivity index (χ1v) is 5.80. The highest BCUT2D eigenvalue weighted by Crippen LogP contribution is 2.14. The topological polar surface area (TPSA) is 50.7 Å². The van der Waals surface area contributed by atoms with Gasteiger partial charge < -0.3 is 4.98 Å². The molecule has 18 heavy (non-hydrogen) atoms. The molecular formula is C14H13N3O. The van der Waals surface area contributed by atoms with Crippen molar-refractivity contribution >= 4 is 11.2 Å². The first-order valence-electron chi connectivity index (χ1n) is 5.80. The van der Waals surface area contributed by atoms with Gasteiger partial charge in [0.05, 0.1) is 11.2 Å². The van der Waals surface area contributed by atoms with Crippen molar-refractivity contribution in [3.8, 4) is 5.69 Å². The molecule has 0 fully saturated rings. The summed E-state index contributed by atoms with van der Waals surface area (Å²) in [4.78, 5) is 19.2. The first-order chi connectivity index (χ1) is 8.65. The first kappa shape index (κ1) is 10.8. The van der Waals surface area contributed by atoms with E-state index in [4.69, 9.17) is 0 Å². The van der Waals surface area contributed by atoms with Gasteiger partial charge in [-0.15, -0.1) is 0 Å². The Balaban J connectivity index is 2.34. The molecule has 2 aromatic heterocycles. The van der Waals surface area contributed by atoms with Gasteiger partial charge in [0.2, 0.25) is 0 Å². The van der Waals surface area contributed by atoms with E-state index >= 15 is 0 Å². The van der Waals surface area contributed by atoms with Crippen LogP contribution in [0.5, 0.6) is 0 Å². The van der Waals surface area contributed by atoms with E-state index in [2.05, 4.69) is 9.97 Å². The highest BCUT2D eigenvalue weighted by Gasteiger charge is 2.09. The zero-order valence-corrected chi connectivity index (χ0v) is 10.3. The van der Waals surface area contributed by atoms with Crippen LogP contribution in [0.2, 0.25) is 0 Å². The molecule has 0 saturated carbocycles. The van der Waals surface area contributed by atoms with Crippen molar-refractivity contribution in [3.05, 3.63) is 58.1 Å². The summed E-state index contributed by atoms with van der Waals surface area (Å²) in [6.07, 6.45) is 0. The number of fused-ring (bicyclic) bond motifs is 1. The predicted molar refractivity (Wildman–Crippen MR) is 71.2 cm³/mol. The van der Waals surface area contributed by atoms with Crippen LogP contribution in [-0.2, 0) is 0 Å². The van der Waals surface area contributed by atoms with E-state index in [0.717, 1.165) is 22.5 Å². The zero-order valence-electron chi connectivity index (χ0n) is 10.3. The Hall–Kier alpha value is -2.36. The van der Waals surface area contributed by atoms with Crippen molar-refractivity contribution in [2.24, 2.45) is 0 Å². The minimum absolute atomic E-state index is 0.160. The van der Waals surface area contributed by atoms with Crippen molar-refractivity contribution in [3.63, 3.8) is 0 Å². The molecule has 0 atom stereocenters. The molecule has 0 unspecified atom stereocenters. The number of aryl methyl sites for hydroxylation is 2. The number of H-pyrrole nitrogens is 1. The lowest BCUT2D eigenvalue weighted by Crippen LogP contribution is -2.14. The van der Waals surface area contributed by atoms with Crippen molar-refractivity contribution in [2.75, 3.05) is 0 Å². The summed E-state index contributed by atoms with van der Waals surface area (Å²) < 4.78 is 1.60. The lowest BCUT2D eigenvalue weighted by Gasteiger charge is -2.03. The molecule has 1 aromatic carbocycles. The van der Waals surface area contributed by atoms with Crippen LogP contribution in [0.3, 0.4) is 0 Å². The van der Waals surface area contributed by atoms with Crippen molar-refractivity contribution in [2.45, 2.75) is 13.8 Å². The fourth-order valence-corrected chi connectivity index (χ4v) is 2.01. The van der Waals surface area contributed by atoms with E-state index in [1.54, 1.807) is 4.57 Å². The second kappa shape index (κ2) is 3.84. The van der Waals surface area contributed by atoms with Gasteiger partial charge in [0.1, 0.15) is 0 Å². The van der Waals surface area contributed by atoms with Crippen molar-refractivity contribution in [1.82, 2.24) is 14.5 Å². The van der Waals surface area contributed by atoms with Gasteiger partial charge >= 0.3 is 5.69 Å². The maximum absolute atomic E-state index is 12.0. The van der Waals surface area contributed by atoms with Gasteiger partial charge in [0.15, 0.2) is 5.65 Å². The van der Waals surface area contributed by atoms with Gasteiger partial charge in [0, 0.05) is 5.69 Å². The molecule has 4 nitrogen and oxygen atoms in total. The van der Waals surface area contributed by atoms with E-state index in [1.165, 1.54) is 0 Å². The van der Waals surface area contributed by atoms with Crippen LogP contribution < -0.4 is 5.69 Å². The Bertz CT molecular complexity index is 766. The second-order valence-electron chi connectivity index (χ2n) is 4.42. The highest BCUT2D eigenvalue weighted by atomic mass is 16.1. The molecule has 0 bridgehead atoms. The molecule has 90 valence electrons. The standard InChI is InChI=1S/C14H13N3O/c1-9-3-6-11(7-4-9)17-13-12(16-14(17)18)8-5-10(2)15-13/h3-8H,1-2H3,(H,16,18). The summed E-state index contributed by atoms with van der Waals surface area (Å²) in [7, 11) is 0. The van der Waals surface area contributed by atoms with Crippen LogP contribution in [0.25, 0.3) is 16.9 Å². The smallest absolute Gasteiger partial charge is 0.304 e. The Morgan fingerprint density at radius 3 is 2.50 bits per heavy atom. The maximum Gasteiger partial charge on any atom is 0.332 e. The fraction of sp³-hybridized carbons (Fsp3) is 0.143. The minimum Gasteiger partial charge on any atom is -0.304 e. The van der Waals surface area contributed by atoms with Crippen molar-refractivity contribution in [1.29, 1.82) is 0 Å². The normalized spacial score (nSPS) is 11.0. The number of aromatic amines is 1. The Morgan fingerprint density at radius 1 is 1.06 bits per heavy atom. The second-order valence-corrected chi connectivity index (χ2v) is 4.42. The average Bonchev–Trinajstić information content (AvgIpc) is 2.66. The molecule has 0 aliphatic carbocycles. The Morgan fingerprint density at radius 2 is 1.78 bits per heavy atom. The predicted octanol–water partition coefficient (Wildman–Crippen LogP) is 2.33. The van der Waals surface area contributed by atoms with Crippen LogP contribution in [0.1, 0.15) is 11.3 Å². The molecule has 1 N–H and O–H groups in total. The third kappa shape index (κ3) is 1.62. The lowest BCUT2D eigenvalue weighted by molar-refractivity contribution is 0.994. The third-order valence-electron chi connectivity index (χ3n) is 2.96. The van der Waals surface area contributed by atoms with E-state index in [1.807, 2.05) is 50.2 Å². The SMILES string of the molecule is Cc1ccc(-n2c(=O)[nH]c3ccc(C)nc32)cc1. The lowest BCUT2D eigenvalue weighted by atomic mass is 10.2. The highest BCUT2D eigenvalue weighted by molar-refractivity contribution is 5.73. The summed E-state index contributed by atoms with van der Waals surface area (Å²) >= 11 is 0. The van der Waals surface area contributed by atoms with Crippen LogP contribution >= 0.6 is 0 Å². The van der Waals surface area contributed by atoms with E-state index in [-0.39, 0.29) is 5.69 Å². The van der Waals surface area contributed by atoms with Gasteiger partial charge in [-0.25, -0.2) is 14.3 Å². The summed E-state index contributed by atoms with van der Waals surface area (Å²) in [5, 5.41) is 0. The summed E-state index contributed by atoms with van der Waals surface area (Å²) in [6, 6.07) is 11.6. The van der Waals surface area contributed by atoms with Gasteiger partial charge in [-0.1, -0.05) is 17.7 Å². The Labute approximate surface area is 104 Å². The van der Waals surface area contributed by atoms with E-state index < -0.39 is 0 Å². The number of nitrogens with zero attached hydrogens (tertiary/aromatic N) is 2. The average molecular weight is 239 g/mol. The molecule has 0 radical (unpaired) electrons. The number of pyridine rings is 1. The molecular weight excluding hydrogens is 226 g/mol. The number of imidazole rings is 1. The maximum atomic E-state index is 12.0. The van der Waals surface area contributed by atoms with Gasteiger partial charge in [-0.3, -0.25) is 0 Å². The number of aromatic nitrogens is 3. The molecule has 0 aliphatic rings. The molecule has 2 heterocycles. The number of hydrogen-bond donors (Lipinski definition) is 1. The molecule has 0 spiro atoms. The van der Waals surface area contributed by atoms with Gasteiger partial charge in [-0.05, 0) is 38.1 Å². The molecule has 0 aliphatic heterocycles. The summed E-state index contributed by atoms with van der Waals surface area (Å²) in [5.41, 5.74) is 4.15. The van der Waals surface area contributed by atoms with Crippen LogP contribution in [-0.4, -0.2) is 14.5 Å². The number of hydrogen-bond acceptors (Lipinski definition) is 2. The zero-order chi connectivity index (χ0) is 12.7. The minimum atomic E-state index is -0.160. The molecule has 3 aromatic rings. The van der Waals surface area contributed by atoms with Crippen LogP contribution in [0.4, 0.5) is 0 Å². The van der Waals surface area contributed by atoms with Gasteiger partial charge in [0.25, 0.3) is 0 Å². The molecule has 0 saturated heterocycles. The fourth-order valence-electron chi connectivity index (χ4n) is 2.01. The van der Waals surface area contributed by atoms with E-state index in [9.17, 15) is 4.79 Å². The number of rotatable bonds is 1. The molecule has 3 rings (SSSR count). The quantitative estimate of drug-likeness (QED) is 0.708. The molecule has 0 amide bonds. The van der Waals surface area contributed by atoms with Crippen LogP contribution in [0.15, 0.2) is 41.2 Å². The Kier molecular flexibility index (Phi) is 2.30. The molecule has 4 heteroatoms. The largest absolute Gasteiger partial charge is 0.332 e. The number of benzene rings is 1. The monoisotopic (exact) mass is 239 g/mol. The third-order valence-corrected chi connectivity index (χ3v) is 2.96. The van der Waals surface area contributed by atoms with Gasteiger partial charge in [-0.2, -0.15) is 0 Å². The number of nitrogens with one attached hydrogen (secondary N) is 1. The van der Waals surface area contributed by atoms with E-state index in [0.29, 0.717) is 5.65 Å². The summed E-state index contributed by atoms with van der Waals surface area (Å²) in [6.45, 7) is 3.93. The summed E-state index contributed by atoms with van der Waals surface area (Å²) in [5.74, 6) is 0. The van der Waals surface area contributed by atoms with Crippen LogP contribution in [0, 0.1) is 13.8 Å². The van der Waals surface area contributed by atoms with Crippen molar-refractivity contribution < 1.29 is 0 Å².